The first-order chi connectivity index (χ1) is 9.04. The van der Waals surface area contributed by atoms with E-state index in [4.69, 9.17) is 28.3 Å². The number of hydrogen-bond acceptors (Lipinski definition) is 2. The van der Waals surface area contributed by atoms with Gasteiger partial charge in [0.05, 0.1) is 15.6 Å². The van der Waals surface area contributed by atoms with Crippen LogP contribution in [0.4, 0.5) is 0 Å². The van der Waals surface area contributed by atoms with Crippen LogP contribution in [0.15, 0.2) is 48.5 Å². The first-order valence-electron chi connectivity index (χ1n) is 5.37. The molecule has 2 nitrogen and oxygen atoms in total. The summed E-state index contributed by atoms with van der Waals surface area (Å²) in [7, 11) is 0. The number of rotatable bonds is 2. The van der Waals surface area contributed by atoms with Gasteiger partial charge in [-0.05, 0) is 29.8 Å². The lowest BCUT2D eigenvalue weighted by atomic mass is 10.2. The first-order valence-corrected chi connectivity index (χ1v) is 6.76. The predicted molar refractivity (Wildman–Crippen MR) is 82.6 cm³/mol. The lowest BCUT2D eigenvalue weighted by molar-refractivity contribution is 0.0697. The van der Waals surface area contributed by atoms with Gasteiger partial charge < -0.3 is 5.11 Å². The van der Waals surface area contributed by atoms with Gasteiger partial charge in [-0.1, -0.05) is 47.5 Å². The van der Waals surface area contributed by atoms with E-state index in [2.05, 4.69) is 12.6 Å². The second kappa shape index (κ2) is 8.10. The third kappa shape index (κ3) is 5.55. The van der Waals surface area contributed by atoms with Gasteiger partial charge in [-0.15, -0.1) is 0 Å². The van der Waals surface area contributed by atoms with Crippen molar-refractivity contribution in [3.05, 3.63) is 69.7 Å². The Hall–Kier alpha value is -1.16. The summed E-state index contributed by atoms with van der Waals surface area (Å²) in [5, 5.41) is 9.57. The van der Waals surface area contributed by atoms with E-state index in [9.17, 15) is 4.79 Å². The van der Waals surface area contributed by atoms with Crippen LogP contribution in [0.2, 0.25) is 10.0 Å². The molecular weight excluding hydrogens is 303 g/mol. The topological polar surface area (TPSA) is 37.3 Å². The van der Waals surface area contributed by atoms with Crippen molar-refractivity contribution in [2.45, 2.75) is 5.75 Å². The molecule has 0 aliphatic carbocycles. The maximum Gasteiger partial charge on any atom is 0.335 e. The summed E-state index contributed by atoms with van der Waals surface area (Å²) in [5.41, 5.74) is 1.41. The summed E-state index contributed by atoms with van der Waals surface area (Å²) >= 11 is 15.5. The van der Waals surface area contributed by atoms with Gasteiger partial charge >= 0.3 is 5.97 Å². The van der Waals surface area contributed by atoms with Crippen LogP contribution in [-0.2, 0) is 5.75 Å². The van der Waals surface area contributed by atoms with Gasteiger partial charge in [-0.2, -0.15) is 12.6 Å². The highest BCUT2D eigenvalue weighted by Crippen LogP contribution is 2.22. The number of benzene rings is 2. The van der Waals surface area contributed by atoms with Crippen LogP contribution in [0, 0.1) is 0 Å². The van der Waals surface area contributed by atoms with Gasteiger partial charge in [0.2, 0.25) is 0 Å². The highest BCUT2D eigenvalue weighted by atomic mass is 35.5. The van der Waals surface area contributed by atoms with Gasteiger partial charge in [0.25, 0.3) is 0 Å². The van der Waals surface area contributed by atoms with Crippen LogP contribution >= 0.6 is 35.8 Å². The van der Waals surface area contributed by atoms with Crippen LogP contribution in [-0.4, -0.2) is 11.1 Å². The number of carboxylic acids is 1. The fraction of sp³-hybridized carbons (Fsp3) is 0.0714. The molecule has 0 spiro atoms. The minimum Gasteiger partial charge on any atom is -0.478 e. The van der Waals surface area contributed by atoms with Gasteiger partial charge in [0.1, 0.15) is 0 Å². The molecule has 2 aromatic rings. The van der Waals surface area contributed by atoms with Crippen molar-refractivity contribution >= 4 is 41.8 Å². The minimum absolute atomic E-state index is 0.331. The van der Waals surface area contributed by atoms with E-state index < -0.39 is 5.97 Å². The fourth-order valence-electron chi connectivity index (χ4n) is 1.22. The van der Waals surface area contributed by atoms with Crippen LogP contribution in [0.3, 0.4) is 0 Å². The molecule has 0 amide bonds. The van der Waals surface area contributed by atoms with Gasteiger partial charge in [0.15, 0.2) is 0 Å². The van der Waals surface area contributed by atoms with E-state index in [1.165, 1.54) is 0 Å². The summed E-state index contributed by atoms with van der Waals surface area (Å²) < 4.78 is 0. The number of aromatic carboxylic acids is 1. The smallest absolute Gasteiger partial charge is 0.335 e. The maximum absolute atomic E-state index is 10.2. The van der Waals surface area contributed by atoms with Crippen molar-refractivity contribution in [2.24, 2.45) is 0 Å². The molecule has 0 aromatic heterocycles. The SMILES string of the molecule is O=C(O)c1ccccc1.SCc1ccc(Cl)c(Cl)c1. The molecule has 0 saturated carbocycles. The van der Waals surface area contributed by atoms with Gasteiger partial charge in [-0.3, -0.25) is 0 Å². The lowest BCUT2D eigenvalue weighted by Gasteiger charge is -1.97. The molecule has 100 valence electrons. The van der Waals surface area contributed by atoms with E-state index in [-0.39, 0.29) is 0 Å². The largest absolute Gasteiger partial charge is 0.478 e. The van der Waals surface area contributed by atoms with E-state index in [1.807, 2.05) is 12.1 Å². The molecule has 0 heterocycles. The van der Waals surface area contributed by atoms with Gasteiger partial charge in [0, 0.05) is 5.75 Å². The summed E-state index contributed by atoms with van der Waals surface area (Å²) in [6.07, 6.45) is 0. The standard InChI is InChI=1S/C7H6Cl2S.C7H6O2/c8-6-2-1-5(4-10)3-7(6)9;8-7(9)6-4-2-1-3-5-6/h1-3,10H,4H2;1-5H,(H,8,9). The van der Waals surface area contributed by atoms with Crippen molar-refractivity contribution in [3.63, 3.8) is 0 Å². The third-order valence-corrected chi connectivity index (χ3v) is 3.29. The van der Waals surface area contributed by atoms with Crippen molar-refractivity contribution < 1.29 is 9.90 Å². The Morgan fingerprint density at radius 1 is 1.05 bits per heavy atom. The predicted octanol–water partition coefficient (Wildman–Crippen LogP) is 4.81. The molecule has 19 heavy (non-hydrogen) atoms. The highest BCUT2D eigenvalue weighted by molar-refractivity contribution is 7.79. The van der Waals surface area contributed by atoms with Crippen molar-refractivity contribution in [3.8, 4) is 0 Å². The number of hydrogen-bond donors (Lipinski definition) is 2. The quantitative estimate of drug-likeness (QED) is 0.781. The molecule has 0 aliphatic rings. The molecule has 0 radical (unpaired) electrons. The molecule has 0 bridgehead atoms. The van der Waals surface area contributed by atoms with Crippen LogP contribution in [0.1, 0.15) is 15.9 Å². The van der Waals surface area contributed by atoms with Crippen molar-refractivity contribution in [1.82, 2.24) is 0 Å². The Morgan fingerprint density at radius 3 is 2.11 bits per heavy atom. The highest BCUT2D eigenvalue weighted by Gasteiger charge is 1.97. The summed E-state index contributed by atoms with van der Waals surface area (Å²) in [6, 6.07) is 13.8. The zero-order valence-corrected chi connectivity index (χ0v) is 12.3. The molecule has 0 saturated heterocycles. The fourth-order valence-corrected chi connectivity index (χ4v) is 1.74. The Bertz CT molecular complexity index is 544. The Labute approximate surface area is 127 Å². The zero-order valence-electron chi connectivity index (χ0n) is 9.88. The number of carbonyl (C=O) groups is 1. The normalized spacial score (nSPS) is 9.42. The monoisotopic (exact) mass is 314 g/mol. The van der Waals surface area contributed by atoms with Crippen molar-refractivity contribution in [1.29, 1.82) is 0 Å². The third-order valence-electron chi connectivity index (χ3n) is 2.19. The molecular formula is C14H12Cl2O2S. The lowest BCUT2D eigenvalue weighted by Crippen LogP contribution is -1.93. The maximum atomic E-state index is 10.2. The van der Waals surface area contributed by atoms with E-state index in [1.54, 1.807) is 36.4 Å². The Kier molecular flexibility index (Phi) is 6.78. The molecule has 0 aliphatic heterocycles. The number of carboxylic acid groups (broad SMARTS) is 1. The number of thiol groups is 1. The van der Waals surface area contributed by atoms with Crippen LogP contribution < -0.4 is 0 Å². The van der Waals surface area contributed by atoms with Crippen LogP contribution in [0.5, 0.6) is 0 Å². The summed E-state index contributed by atoms with van der Waals surface area (Å²) in [4.78, 5) is 10.2. The zero-order chi connectivity index (χ0) is 14.3. The molecule has 0 fully saturated rings. The van der Waals surface area contributed by atoms with Crippen LogP contribution in [0.25, 0.3) is 0 Å². The minimum atomic E-state index is -0.879. The average molecular weight is 315 g/mol. The molecule has 0 atom stereocenters. The molecule has 0 unspecified atom stereocenters. The summed E-state index contributed by atoms with van der Waals surface area (Å²) in [6.45, 7) is 0. The molecule has 2 rings (SSSR count). The van der Waals surface area contributed by atoms with Crippen molar-refractivity contribution in [2.75, 3.05) is 0 Å². The summed E-state index contributed by atoms with van der Waals surface area (Å²) in [5.74, 6) is -0.188. The molecule has 2 aromatic carbocycles. The Balaban J connectivity index is 0.000000191. The second-order valence-electron chi connectivity index (χ2n) is 3.58. The first kappa shape index (κ1) is 15.9. The number of halogens is 2. The Morgan fingerprint density at radius 2 is 1.68 bits per heavy atom. The van der Waals surface area contributed by atoms with E-state index >= 15 is 0 Å². The van der Waals surface area contributed by atoms with Gasteiger partial charge in [-0.25, -0.2) is 4.79 Å². The van der Waals surface area contributed by atoms with E-state index in [0.29, 0.717) is 21.4 Å². The second-order valence-corrected chi connectivity index (χ2v) is 4.71. The molecule has 5 heteroatoms. The molecule has 1 N–H and O–H groups in total. The average Bonchev–Trinajstić information content (AvgIpc) is 2.43. The van der Waals surface area contributed by atoms with E-state index in [0.717, 1.165) is 5.56 Å².